The molecule has 9 nitrogen and oxygen atoms in total. The van der Waals surface area contributed by atoms with Gasteiger partial charge in [-0.2, -0.15) is 5.10 Å². The highest BCUT2D eigenvalue weighted by atomic mass is 16.5. The number of alkyl carbamates (subject to hydrolysis) is 1. The molecule has 0 radical (unpaired) electrons. The van der Waals surface area contributed by atoms with Crippen molar-refractivity contribution in [1.82, 2.24) is 15.1 Å². The average Bonchev–Trinajstić information content (AvgIpc) is 3.30. The van der Waals surface area contributed by atoms with E-state index in [9.17, 15) is 14.4 Å². The lowest BCUT2D eigenvalue weighted by atomic mass is 9.98. The van der Waals surface area contributed by atoms with Crippen LogP contribution in [0.5, 0.6) is 0 Å². The number of carbonyl (C=O) groups excluding carboxylic acids is 2. The second-order valence-electron chi connectivity index (χ2n) is 7.52. The van der Waals surface area contributed by atoms with Crippen molar-refractivity contribution in [3.05, 3.63) is 71.4 Å². The van der Waals surface area contributed by atoms with E-state index in [4.69, 9.17) is 9.84 Å². The van der Waals surface area contributed by atoms with Crippen LogP contribution in [0.25, 0.3) is 11.1 Å². The number of aromatic carboxylic acids is 1. The van der Waals surface area contributed by atoms with Crippen LogP contribution in [0.1, 0.15) is 34.5 Å². The van der Waals surface area contributed by atoms with Gasteiger partial charge in [-0.15, -0.1) is 0 Å². The molecule has 2 aromatic carbocycles. The lowest BCUT2D eigenvalue weighted by Gasteiger charge is -2.17. The van der Waals surface area contributed by atoms with Gasteiger partial charge < -0.3 is 20.5 Å². The Kier molecular flexibility index (Phi) is 5.63. The predicted octanol–water partition coefficient (Wildman–Crippen LogP) is 2.98. The van der Waals surface area contributed by atoms with Gasteiger partial charge in [-0.25, -0.2) is 9.59 Å². The van der Waals surface area contributed by atoms with E-state index >= 15 is 0 Å². The van der Waals surface area contributed by atoms with E-state index in [1.807, 2.05) is 36.4 Å². The Morgan fingerprint density at radius 3 is 2.25 bits per heavy atom. The third-order valence-corrected chi connectivity index (χ3v) is 5.42. The summed E-state index contributed by atoms with van der Waals surface area (Å²) in [7, 11) is 1.51. The largest absolute Gasteiger partial charge is 0.476 e. The van der Waals surface area contributed by atoms with E-state index in [2.05, 4.69) is 27.9 Å². The van der Waals surface area contributed by atoms with Crippen molar-refractivity contribution in [2.75, 3.05) is 11.9 Å². The molecule has 1 heterocycles. The maximum Gasteiger partial charge on any atom is 0.407 e. The number of hydrogen-bond donors (Lipinski definition) is 3. The number of anilines is 1. The molecule has 32 heavy (non-hydrogen) atoms. The first kappa shape index (κ1) is 21.1. The molecule has 1 aromatic heterocycles. The highest BCUT2D eigenvalue weighted by Crippen LogP contribution is 2.44. The number of carboxylic acid groups (broad SMARTS) is 1. The van der Waals surface area contributed by atoms with Crippen LogP contribution in [-0.2, 0) is 16.6 Å². The molecule has 3 aromatic rings. The summed E-state index contributed by atoms with van der Waals surface area (Å²) in [6.45, 7) is 1.64. The smallest absolute Gasteiger partial charge is 0.407 e. The van der Waals surface area contributed by atoms with Crippen molar-refractivity contribution >= 4 is 23.8 Å². The molecule has 0 saturated heterocycles. The number of carbonyl (C=O) groups is 3. The van der Waals surface area contributed by atoms with Crippen molar-refractivity contribution < 1.29 is 24.2 Å². The van der Waals surface area contributed by atoms with E-state index in [1.165, 1.54) is 24.7 Å². The fourth-order valence-corrected chi connectivity index (χ4v) is 3.81. The third-order valence-electron chi connectivity index (χ3n) is 5.42. The van der Waals surface area contributed by atoms with Crippen LogP contribution in [0.15, 0.2) is 54.6 Å². The molecule has 0 bridgehead atoms. The minimum absolute atomic E-state index is 0.0823. The number of rotatable bonds is 6. The van der Waals surface area contributed by atoms with Crippen LogP contribution in [0.2, 0.25) is 0 Å². The van der Waals surface area contributed by atoms with E-state index < -0.39 is 24.0 Å². The number of fused-ring (bicyclic) bond motifs is 3. The number of amides is 2. The van der Waals surface area contributed by atoms with Gasteiger partial charge in [-0.3, -0.25) is 9.48 Å². The number of hydrogen-bond acceptors (Lipinski definition) is 5. The van der Waals surface area contributed by atoms with E-state index in [1.54, 1.807) is 0 Å². The van der Waals surface area contributed by atoms with Crippen molar-refractivity contribution in [2.24, 2.45) is 7.05 Å². The molecule has 0 saturated carbocycles. The summed E-state index contributed by atoms with van der Waals surface area (Å²) in [6, 6.07) is 16.4. The molecule has 1 atom stereocenters. The lowest BCUT2D eigenvalue weighted by molar-refractivity contribution is -0.117. The zero-order valence-electron chi connectivity index (χ0n) is 17.5. The fraction of sp³-hybridized carbons (Fsp3) is 0.217. The van der Waals surface area contributed by atoms with Gasteiger partial charge in [-0.05, 0) is 29.2 Å². The van der Waals surface area contributed by atoms with Gasteiger partial charge in [0.25, 0.3) is 0 Å². The quantitative estimate of drug-likeness (QED) is 0.548. The Labute approximate surface area is 184 Å². The van der Waals surface area contributed by atoms with E-state index in [-0.39, 0.29) is 24.0 Å². The van der Waals surface area contributed by atoms with Crippen molar-refractivity contribution in [1.29, 1.82) is 0 Å². The molecule has 0 unspecified atom stereocenters. The first-order valence-corrected chi connectivity index (χ1v) is 10.0. The molecule has 1 aliphatic carbocycles. The summed E-state index contributed by atoms with van der Waals surface area (Å²) in [5.41, 5.74) is 4.25. The maximum atomic E-state index is 12.4. The van der Waals surface area contributed by atoms with Gasteiger partial charge in [0, 0.05) is 19.0 Å². The minimum Gasteiger partial charge on any atom is -0.476 e. The Morgan fingerprint density at radius 1 is 1.09 bits per heavy atom. The van der Waals surface area contributed by atoms with Crippen LogP contribution < -0.4 is 10.6 Å². The standard InChI is InChI=1S/C23H22N4O5/c1-13(21(28)25-20-11-19(22(29)30)26-27(20)2)24-23(31)32-12-18-16-9-5-3-7-14(16)15-8-4-6-10-17(15)18/h3-11,13,18H,12H2,1-2H3,(H,24,31)(H,25,28)(H,29,30)/t13-/m0/s1. The Balaban J connectivity index is 1.36. The molecule has 1 aliphatic rings. The van der Waals surface area contributed by atoms with Crippen LogP contribution in [0.4, 0.5) is 10.6 Å². The predicted molar refractivity (Wildman–Crippen MR) is 116 cm³/mol. The lowest BCUT2D eigenvalue weighted by Crippen LogP contribution is -2.42. The summed E-state index contributed by atoms with van der Waals surface area (Å²) in [4.78, 5) is 35.7. The van der Waals surface area contributed by atoms with E-state index in [0.29, 0.717) is 0 Å². The van der Waals surface area contributed by atoms with Crippen LogP contribution in [0.3, 0.4) is 0 Å². The highest BCUT2D eigenvalue weighted by molar-refractivity contribution is 5.96. The van der Waals surface area contributed by atoms with Gasteiger partial charge >= 0.3 is 12.1 Å². The third kappa shape index (κ3) is 4.04. The number of nitrogens with one attached hydrogen (secondary N) is 2. The second-order valence-corrected chi connectivity index (χ2v) is 7.52. The molecule has 164 valence electrons. The first-order valence-electron chi connectivity index (χ1n) is 10.0. The van der Waals surface area contributed by atoms with Gasteiger partial charge in [0.05, 0.1) is 0 Å². The molecule has 9 heteroatoms. The van der Waals surface area contributed by atoms with Gasteiger partial charge in [0.2, 0.25) is 5.91 Å². The molecule has 4 rings (SSSR count). The average molecular weight is 434 g/mol. The maximum absolute atomic E-state index is 12.4. The summed E-state index contributed by atoms with van der Waals surface area (Å²) in [5.74, 6) is -1.61. The Bertz CT molecular complexity index is 1160. The molecular formula is C23H22N4O5. The molecule has 0 spiro atoms. The molecule has 3 N–H and O–H groups in total. The monoisotopic (exact) mass is 434 g/mol. The number of carboxylic acids is 1. The van der Waals surface area contributed by atoms with Gasteiger partial charge in [-0.1, -0.05) is 48.5 Å². The molecule has 0 aliphatic heterocycles. The number of nitrogens with zero attached hydrogens (tertiary/aromatic N) is 2. The Hall–Kier alpha value is -4.14. The van der Waals surface area contributed by atoms with Crippen LogP contribution >= 0.6 is 0 Å². The number of aryl methyl sites for hydroxylation is 1. The minimum atomic E-state index is -1.20. The topological polar surface area (TPSA) is 123 Å². The number of aromatic nitrogens is 2. The number of benzene rings is 2. The Morgan fingerprint density at radius 2 is 1.69 bits per heavy atom. The first-order chi connectivity index (χ1) is 15.3. The molecular weight excluding hydrogens is 412 g/mol. The molecule has 0 fully saturated rings. The number of ether oxygens (including phenoxy) is 1. The zero-order valence-corrected chi connectivity index (χ0v) is 17.5. The zero-order chi connectivity index (χ0) is 22.8. The summed E-state index contributed by atoms with van der Waals surface area (Å²) in [6.07, 6.45) is -0.717. The van der Waals surface area contributed by atoms with Crippen molar-refractivity contribution in [3.8, 4) is 11.1 Å². The SMILES string of the molecule is C[C@H](NC(=O)OCC1c2ccccc2-c2ccccc21)C(=O)Nc1cc(C(=O)O)nn1C. The molecule has 2 amide bonds. The normalized spacial score (nSPS) is 13.1. The second kappa shape index (κ2) is 8.54. The van der Waals surface area contributed by atoms with Crippen LogP contribution in [-0.4, -0.2) is 45.5 Å². The summed E-state index contributed by atoms with van der Waals surface area (Å²) in [5, 5.41) is 17.8. The van der Waals surface area contributed by atoms with Crippen LogP contribution in [0, 0.1) is 0 Å². The van der Waals surface area contributed by atoms with Crippen molar-refractivity contribution in [2.45, 2.75) is 18.9 Å². The van der Waals surface area contributed by atoms with E-state index in [0.717, 1.165) is 22.3 Å². The van der Waals surface area contributed by atoms with Gasteiger partial charge in [0.1, 0.15) is 18.5 Å². The summed E-state index contributed by atoms with van der Waals surface area (Å²) < 4.78 is 6.68. The van der Waals surface area contributed by atoms with Crippen molar-refractivity contribution in [3.63, 3.8) is 0 Å². The van der Waals surface area contributed by atoms with Gasteiger partial charge in [0.15, 0.2) is 5.69 Å². The fourth-order valence-electron chi connectivity index (χ4n) is 3.81. The summed E-state index contributed by atoms with van der Waals surface area (Å²) >= 11 is 0. The highest BCUT2D eigenvalue weighted by Gasteiger charge is 2.29.